The molecule has 0 saturated heterocycles. The summed E-state index contributed by atoms with van der Waals surface area (Å²) >= 11 is 7.03. The lowest BCUT2D eigenvalue weighted by Crippen LogP contribution is -2.29. The molecule has 96 valence electrons. The van der Waals surface area contributed by atoms with Crippen molar-refractivity contribution in [1.29, 1.82) is 0 Å². The molecular weight excluding hydrogens is 346 g/mol. The summed E-state index contributed by atoms with van der Waals surface area (Å²) in [5, 5.41) is 12.3. The Hall–Kier alpha value is 0.1000. The number of aliphatic hydroxyl groups excluding tert-OH is 1. The monoisotopic (exact) mass is 363 g/mol. The second-order valence-electron chi connectivity index (χ2n) is 4.32. The van der Waals surface area contributed by atoms with Gasteiger partial charge in [-0.3, -0.25) is 0 Å². The molecule has 2 nitrogen and oxygen atoms in total. The summed E-state index contributed by atoms with van der Waals surface area (Å²) in [5.74, 6) is 0. The van der Waals surface area contributed by atoms with Crippen molar-refractivity contribution in [3.05, 3.63) is 32.7 Å². The highest BCUT2D eigenvalue weighted by atomic mass is 79.9. The van der Waals surface area contributed by atoms with E-state index >= 15 is 0 Å². The lowest BCUT2D eigenvalue weighted by atomic mass is 10.1. The molecule has 0 radical (unpaired) electrons. The predicted molar refractivity (Wildman–Crippen MR) is 79.2 cm³/mol. The van der Waals surface area contributed by atoms with Crippen molar-refractivity contribution in [1.82, 2.24) is 5.32 Å². The molecular formula is C13H19Br2NO. The third-order valence-corrected chi connectivity index (χ3v) is 3.94. The van der Waals surface area contributed by atoms with Gasteiger partial charge in [-0.15, -0.1) is 0 Å². The Morgan fingerprint density at radius 2 is 2.00 bits per heavy atom. The van der Waals surface area contributed by atoms with Crippen LogP contribution in [0.15, 0.2) is 27.1 Å². The maximum atomic E-state index is 8.80. The van der Waals surface area contributed by atoms with Crippen LogP contribution >= 0.6 is 31.9 Å². The average Bonchev–Trinajstić information content (AvgIpc) is 2.26. The first-order chi connectivity index (χ1) is 8.04. The molecule has 2 N–H and O–H groups in total. The van der Waals surface area contributed by atoms with E-state index in [2.05, 4.69) is 69.2 Å². The SMILES string of the molecule is CC(CCCO)NC(C)c1ccc(Br)cc1Br. The van der Waals surface area contributed by atoms with Gasteiger partial charge in [0.25, 0.3) is 0 Å². The van der Waals surface area contributed by atoms with Crippen LogP contribution in [0.5, 0.6) is 0 Å². The second-order valence-corrected chi connectivity index (χ2v) is 6.09. The standard InChI is InChI=1S/C13H19Br2NO/c1-9(4-3-7-17)16-10(2)12-6-5-11(14)8-13(12)15/h5-6,8-10,16-17H,3-4,7H2,1-2H3. The fraction of sp³-hybridized carbons (Fsp3) is 0.538. The van der Waals surface area contributed by atoms with Gasteiger partial charge in [-0.1, -0.05) is 37.9 Å². The molecule has 1 rings (SSSR count). The Labute approximate surface area is 120 Å². The molecule has 0 saturated carbocycles. The van der Waals surface area contributed by atoms with Crippen molar-refractivity contribution in [2.75, 3.05) is 6.61 Å². The van der Waals surface area contributed by atoms with Crippen LogP contribution in [0.1, 0.15) is 38.3 Å². The van der Waals surface area contributed by atoms with E-state index in [-0.39, 0.29) is 6.61 Å². The molecule has 0 aliphatic carbocycles. The summed E-state index contributed by atoms with van der Waals surface area (Å²) in [5.41, 5.74) is 1.25. The molecule has 0 heterocycles. The molecule has 2 unspecified atom stereocenters. The third kappa shape index (κ3) is 5.08. The quantitative estimate of drug-likeness (QED) is 0.798. The van der Waals surface area contributed by atoms with E-state index < -0.39 is 0 Å². The summed E-state index contributed by atoms with van der Waals surface area (Å²) in [7, 11) is 0. The molecule has 0 fully saturated rings. The van der Waals surface area contributed by atoms with Gasteiger partial charge in [0.1, 0.15) is 0 Å². The minimum absolute atomic E-state index is 0.266. The zero-order chi connectivity index (χ0) is 12.8. The zero-order valence-corrected chi connectivity index (χ0v) is 13.4. The normalized spacial score (nSPS) is 14.6. The third-order valence-electron chi connectivity index (χ3n) is 2.76. The molecule has 1 aromatic carbocycles. The largest absolute Gasteiger partial charge is 0.396 e. The number of nitrogens with one attached hydrogen (secondary N) is 1. The van der Waals surface area contributed by atoms with E-state index in [1.165, 1.54) is 5.56 Å². The lowest BCUT2D eigenvalue weighted by Gasteiger charge is -2.21. The van der Waals surface area contributed by atoms with Crippen molar-refractivity contribution in [3.63, 3.8) is 0 Å². The van der Waals surface area contributed by atoms with Crippen molar-refractivity contribution in [2.24, 2.45) is 0 Å². The Bertz CT molecular complexity index is 357. The molecule has 0 bridgehead atoms. The Morgan fingerprint density at radius 3 is 2.59 bits per heavy atom. The van der Waals surface area contributed by atoms with Crippen LogP contribution < -0.4 is 5.32 Å². The summed E-state index contributed by atoms with van der Waals surface area (Å²) in [4.78, 5) is 0. The van der Waals surface area contributed by atoms with Crippen LogP contribution in [0.25, 0.3) is 0 Å². The first kappa shape index (κ1) is 15.2. The van der Waals surface area contributed by atoms with Crippen LogP contribution in [-0.2, 0) is 0 Å². The molecule has 1 aromatic rings. The highest BCUT2D eigenvalue weighted by Crippen LogP contribution is 2.27. The Kier molecular flexibility index (Phi) is 6.70. The van der Waals surface area contributed by atoms with Gasteiger partial charge in [-0.05, 0) is 44.4 Å². The fourth-order valence-electron chi connectivity index (χ4n) is 1.85. The number of hydrogen-bond acceptors (Lipinski definition) is 2. The first-order valence-corrected chi connectivity index (χ1v) is 7.45. The van der Waals surface area contributed by atoms with Crippen molar-refractivity contribution in [3.8, 4) is 0 Å². The topological polar surface area (TPSA) is 32.3 Å². The van der Waals surface area contributed by atoms with E-state index in [1.54, 1.807) is 0 Å². The van der Waals surface area contributed by atoms with Crippen molar-refractivity contribution in [2.45, 2.75) is 38.8 Å². The van der Waals surface area contributed by atoms with Gasteiger partial charge in [0, 0.05) is 27.6 Å². The van der Waals surface area contributed by atoms with Crippen molar-refractivity contribution >= 4 is 31.9 Å². The van der Waals surface area contributed by atoms with E-state index in [4.69, 9.17) is 5.11 Å². The van der Waals surface area contributed by atoms with Crippen LogP contribution in [0.2, 0.25) is 0 Å². The molecule has 0 aliphatic heterocycles. The molecule has 4 heteroatoms. The summed E-state index contributed by atoms with van der Waals surface area (Å²) in [6, 6.07) is 6.94. The van der Waals surface area contributed by atoms with Gasteiger partial charge in [0.15, 0.2) is 0 Å². The minimum atomic E-state index is 0.266. The number of aliphatic hydroxyl groups is 1. The number of rotatable bonds is 6. The summed E-state index contributed by atoms with van der Waals surface area (Å²) in [6.45, 7) is 4.57. The molecule has 0 aromatic heterocycles. The van der Waals surface area contributed by atoms with Crippen LogP contribution in [0.4, 0.5) is 0 Å². The van der Waals surface area contributed by atoms with Gasteiger partial charge < -0.3 is 10.4 Å². The average molecular weight is 365 g/mol. The Morgan fingerprint density at radius 1 is 1.29 bits per heavy atom. The highest BCUT2D eigenvalue weighted by molar-refractivity contribution is 9.11. The number of halogens is 2. The molecule has 17 heavy (non-hydrogen) atoms. The highest BCUT2D eigenvalue weighted by Gasteiger charge is 2.12. The fourth-order valence-corrected chi connectivity index (χ4v) is 3.24. The van der Waals surface area contributed by atoms with Gasteiger partial charge >= 0.3 is 0 Å². The van der Waals surface area contributed by atoms with E-state index in [1.807, 2.05) is 0 Å². The van der Waals surface area contributed by atoms with Crippen LogP contribution in [0.3, 0.4) is 0 Å². The molecule has 2 atom stereocenters. The predicted octanol–water partition coefficient (Wildman–Crippen LogP) is 4.02. The second kappa shape index (κ2) is 7.52. The van der Waals surface area contributed by atoms with Gasteiger partial charge in [-0.25, -0.2) is 0 Å². The zero-order valence-electron chi connectivity index (χ0n) is 10.2. The van der Waals surface area contributed by atoms with E-state index in [9.17, 15) is 0 Å². The summed E-state index contributed by atoms with van der Waals surface area (Å²) in [6.07, 6.45) is 1.84. The van der Waals surface area contributed by atoms with Gasteiger partial charge in [-0.2, -0.15) is 0 Å². The van der Waals surface area contributed by atoms with Crippen LogP contribution in [0, 0.1) is 0 Å². The smallest absolute Gasteiger partial charge is 0.0431 e. The molecule has 0 amide bonds. The maximum absolute atomic E-state index is 8.80. The van der Waals surface area contributed by atoms with Gasteiger partial charge in [0.05, 0.1) is 0 Å². The van der Waals surface area contributed by atoms with Crippen LogP contribution in [-0.4, -0.2) is 17.8 Å². The van der Waals surface area contributed by atoms with Gasteiger partial charge in [0.2, 0.25) is 0 Å². The molecule has 0 aliphatic rings. The van der Waals surface area contributed by atoms with Crippen molar-refractivity contribution < 1.29 is 5.11 Å². The summed E-state index contributed by atoms with van der Waals surface area (Å²) < 4.78 is 2.19. The van der Waals surface area contributed by atoms with E-state index in [0.717, 1.165) is 21.8 Å². The minimum Gasteiger partial charge on any atom is -0.396 e. The maximum Gasteiger partial charge on any atom is 0.0431 e. The number of hydrogen-bond donors (Lipinski definition) is 2. The first-order valence-electron chi connectivity index (χ1n) is 5.86. The van der Waals surface area contributed by atoms with E-state index in [0.29, 0.717) is 12.1 Å². The lowest BCUT2D eigenvalue weighted by molar-refractivity contribution is 0.274. The number of benzene rings is 1. The Balaban J connectivity index is 2.60. The molecule has 0 spiro atoms.